The number of hydrogen-bond donors (Lipinski definition) is 0. The number of fused-ring (bicyclic) bond motifs is 1. The number of hydrogen-bond acceptors (Lipinski definition) is 4. The predicted octanol–water partition coefficient (Wildman–Crippen LogP) is 3.12. The Morgan fingerprint density at radius 1 is 1.04 bits per heavy atom. The number of aryl methyl sites for hydroxylation is 1. The van der Waals surface area contributed by atoms with E-state index < -0.39 is 10.0 Å². The summed E-state index contributed by atoms with van der Waals surface area (Å²) in [6.07, 6.45) is 2.25. The van der Waals surface area contributed by atoms with Crippen LogP contribution in [0.25, 0.3) is 0 Å². The van der Waals surface area contributed by atoms with E-state index in [1.54, 1.807) is 4.31 Å². The van der Waals surface area contributed by atoms with E-state index in [-0.39, 0.29) is 18.6 Å². The molecule has 0 bridgehead atoms. The molecule has 2 aliphatic heterocycles. The lowest BCUT2D eigenvalue weighted by Crippen LogP contribution is -2.33. The summed E-state index contributed by atoms with van der Waals surface area (Å²) in [5.41, 5.74) is 2.02. The first-order chi connectivity index (χ1) is 12.1. The summed E-state index contributed by atoms with van der Waals surface area (Å²) in [5.74, 6) is 1.56. The van der Waals surface area contributed by atoms with Gasteiger partial charge in [0.1, 0.15) is 0 Å². The molecule has 2 aliphatic rings. The average molecular weight is 359 g/mol. The summed E-state index contributed by atoms with van der Waals surface area (Å²) in [6, 6.07) is 15.4. The quantitative estimate of drug-likeness (QED) is 0.823. The summed E-state index contributed by atoms with van der Waals surface area (Å²) < 4.78 is 38.2. The average Bonchev–Trinajstić information content (AvgIpc) is 3.29. The van der Waals surface area contributed by atoms with Crippen LogP contribution in [0.1, 0.15) is 30.0 Å². The third-order valence-electron chi connectivity index (χ3n) is 4.83. The fourth-order valence-electron chi connectivity index (χ4n) is 3.54. The van der Waals surface area contributed by atoms with Gasteiger partial charge in [-0.1, -0.05) is 36.4 Å². The van der Waals surface area contributed by atoms with E-state index in [0.29, 0.717) is 18.7 Å². The van der Waals surface area contributed by atoms with Gasteiger partial charge in [-0.2, -0.15) is 4.31 Å². The highest BCUT2D eigenvalue weighted by molar-refractivity contribution is 7.89. The van der Waals surface area contributed by atoms with E-state index >= 15 is 0 Å². The highest BCUT2D eigenvalue weighted by Crippen LogP contribution is 2.40. The lowest BCUT2D eigenvalue weighted by molar-refractivity contribution is 0.174. The molecule has 0 spiro atoms. The minimum absolute atomic E-state index is 0.115. The van der Waals surface area contributed by atoms with E-state index in [0.717, 1.165) is 29.7 Å². The number of benzene rings is 2. The molecule has 2 heterocycles. The van der Waals surface area contributed by atoms with Crippen LogP contribution in [-0.2, 0) is 16.4 Å². The van der Waals surface area contributed by atoms with Crippen molar-refractivity contribution in [2.24, 2.45) is 0 Å². The SMILES string of the molecule is O=S(=O)(CCc1ccccc1)N1CCCC1c1ccc2c(c1)OCO2. The van der Waals surface area contributed by atoms with Gasteiger partial charge in [-0.25, -0.2) is 8.42 Å². The lowest BCUT2D eigenvalue weighted by Gasteiger charge is -2.24. The molecule has 6 heteroatoms. The molecule has 2 aromatic carbocycles. The fraction of sp³-hybridized carbons (Fsp3) is 0.368. The molecule has 0 N–H and O–H groups in total. The number of rotatable bonds is 5. The van der Waals surface area contributed by atoms with Crippen LogP contribution in [0.3, 0.4) is 0 Å². The van der Waals surface area contributed by atoms with Gasteiger partial charge in [0.05, 0.1) is 5.75 Å². The van der Waals surface area contributed by atoms with E-state index in [2.05, 4.69) is 0 Å². The van der Waals surface area contributed by atoms with E-state index in [4.69, 9.17) is 9.47 Å². The molecule has 0 amide bonds. The van der Waals surface area contributed by atoms with Crippen LogP contribution in [0, 0.1) is 0 Å². The lowest BCUT2D eigenvalue weighted by atomic mass is 10.0. The van der Waals surface area contributed by atoms with Crippen LogP contribution >= 0.6 is 0 Å². The zero-order valence-corrected chi connectivity index (χ0v) is 14.7. The molecule has 1 unspecified atom stereocenters. The molecule has 25 heavy (non-hydrogen) atoms. The van der Waals surface area contributed by atoms with Crippen LogP contribution in [0.2, 0.25) is 0 Å². The van der Waals surface area contributed by atoms with Gasteiger partial charge in [0.2, 0.25) is 16.8 Å². The largest absolute Gasteiger partial charge is 0.454 e. The first-order valence-corrected chi connectivity index (χ1v) is 10.2. The molecule has 2 aromatic rings. The standard InChI is InChI=1S/C19H21NO4S/c21-25(22,12-10-15-5-2-1-3-6-15)20-11-4-7-17(20)16-8-9-18-19(13-16)24-14-23-18/h1-3,5-6,8-9,13,17H,4,7,10-12,14H2. The molecule has 0 saturated carbocycles. The van der Waals surface area contributed by atoms with Crippen molar-refractivity contribution in [3.8, 4) is 11.5 Å². The Bertz CT molecular complexity index is 851. The Morgan fingerprint density at radius 2 is 1.84 bits per heavy atom. The second-order valence-electron chi connectivity index (χ2n) is 6.43. The van der Waals surface area contributed by atoms with Crippen molar-refractivity contribution in [1.29, 1.82) is 0 Å². The molecule has 4 rings (SSSR count). The van der Waals surface area contributed by atoms with Crippen LogP contribution in [0.5, 0.6) is 11.5 Å². The summed E-state index contributed by atoms with van der Waals surface area (Å²) in [6.45, 7) is 0.804. The maximum Gasteiger partial charge on any atom is 0.231 e. The van der Waals surface area contributed by atoms with Gasteiger partial charge in [-0.3, -0.25) is 0 Å². The number of sulfonamides is 1. The van der Waals surface area contributed by atoms with Crippen molar-refractivity contribution in [2.75, 3.05) is 19.1 Å². The Labute approximate surface area is 148 Å². The first kappa shape index (κ1) is 16.4. The summed E-state index contributed by atoms with van der Waals surface area (Å²) in [4.78, 5) is 0. The topological polar surface area (TPSA) is 55.8 Å². The second kappa shape index (κ2) is 6.69. The van der Waals surface area contributed by atoms with Gasteiger partial charge in [-0.15, -0.1) is 0 Å². The zero-order valence-electron chi connectivity index (χ0n) is 13.9. The Morgan fingerprint density at radius 3 is 2.68 bits per heavy atom. The molecule has 0 aliphatic carbocycles. The predicted molar refractivity (Wildman–Crippen MR) is 95.2 cm³/mol. The number of nitrogens with zero attached hydrogens (tertiary/aromatic N) is 1. The Hall–Kier alpha value is -2.05. The van der Waals surface area contributed by atoms with Crippen LogP contribution in [0.15, 0.2) is 48.5 Å². The monoisotopic (exact) mass is 359 g/mol. The van der Waals surface area contributed by atoms with Crippen molar-refractivity contribution in [3.05, 3.63) is 59.7 Å². The third-order valence-corrected chi connectivity index (χ3v) is 6.71. The van der Waals surface area contributed by atoms with Crippen molar-refractivity contribution in [2.45, 2.75) is 25.3 Å². The van der Waals surface area contributed by atoms with E-state index in [1.807, 2.05) is 48.5 Å². The maximum atomic E-state index is 12.9. The van der Waals surface area contributed by atoms with Crippen molar-refractivity contribution >= 4 is 10.0 Å². The highest BCUT2D eigenvalue weighted by atomic mass is 32.2. The summed E-state index contributed by atoms with van der Waals surface area (Å²) >= 11 is 0. The minimum Gasteiger partial charge on any atom is -0.454 e. The van der Waals surface area contributed by atoms with Crippen molar-refractivity contribution in [1.82, 2.24) is 4.31 Å². The van der Waals surface area contributed by atoms with Crippen molar-refractivity contribution < 1.29 is 17.9 Å². The van der Waals surface area contributed by atoms with Crippen LogP contribution in [0.4, 0.5) is 0 Å². The van der Waals surface area contributed by atoms with Gasteiger partial charge in [0.15, 0.2) is 11.5 Å². The van der Waals surface area contributed by atoms with Crippen LogP contribution in [-0.4, -0.2) is 31.8 Å². The molecule has 1 saturated heterocycles. The molecular weight excluding hydrogens is 338 g/mol. The van der Waals surface area contributed by atoms with Crippen molar-refractivity contribution in [3.63, 3.8) is 0 Å². The highest BCUT2D eigenvalue weighted by Gasteiger charge is 2.35. The van der Waals surface area contributed by atoms with E-state index in [1.165, 1.54) is 0 Å². The molecule has 132 valence electrons. The van der Waals surface area contributed by atoms with Gasteiger partial charge in [0.25, 0.3) is 0 Å². The minimum atomic E-state index is -3.31. The maximum absolute atomic E-state index is 12.9. The van der Waals surface area contributed by atoms with Gasteiger partial charge < -0.3 is 9.47 Å². The molecule has 5 nitrogen and oxygen atoms in total. The van der Waals surface area contributed by atoms with Crippen LogP contribution < -0.4 is 9.47 Å². The van der Waals surface area contributed by atoms with Gasteiger partial charge in [0, 0.05) is 12.6 Å². The second-order valence-corrected chi connectivity index (χ2v) is 8.47. The number of ether oxygens (including phenoxy) is 2. The Balaban J connectivity index is 1.52. The Kier molecular flexibility index (Phi) is 4.39. The first-order valence-electron chi connectivity index (χ1n) is 8.56. The summed E-state index contributed by atoms with van der Waals surface area (Å²) in [7, 11) is -3.31. The molecule has 0 aromatic heterocycles. The fourth-order valence-corrected chi connectivity index (χ4v) is 5.29. The smallest absolute Gasteiger partial charge is 0.231 e. The van der Waals surface area contributed by atoms with E-state index in [9.17, 15) is 8.42 Å². The molecule has 1 fully saturated rings. The summed E-state index contributed by atoms with van der Waals surface area (Å²) in [5, 5.41) is 0. The molecule has 0 radical (unpaired) electrons. The normalized spacial score (nSPS) is 20.1. The third kappa shape index (κ3) is 3.37. The molecule has 1 atom stereocenters. The zero-order chi connectivity index (χ0) is 17.3. The van der Waals surface area contributed by atoms with Gasteiger partial charge >= 0.3 is 0 Å². The van der Waals surface area contributed by atoms with Gasteiger partial charge in [-0.05, 0) is 42.5 Å². The molecular formula is C19H21NO4S.